The van der Waals surface area contributed by atoms with Crippen molar-refractivity contribution < 1.29 is 15.0 Å². The summed E-state index contributed by atoms with van der Waals surface area (Å²) < 4.78 is 0. The van der Waals surface area contributed by atoms with Crippen LogP contribution < -0.4 is 5.32 Å². The standard InChI is InChI=1S/C17H22N2O3S/c1-12-18-14(11-23-12)3-2-4-17(22)19-15(10-20)9-13-5-7-16(21)8-6-13/h5-8,11,15,20-21H,2-4,9-10H2,1H3,(H,19,22)/t15-/m0/s1. The fourth-order valence-electron chi connectivity index (χ4n) is 2.33. The Morgan fingerprint density at radius 2 is 2.09 bits per heavy atom. The molecule has 124 valence electrons. The molecule has 3 N–H and O–H groups in total. The molecular weight excluding hydrogens is 312 g/mol. The average molecular weight is 334 g/mol. The first-order chi connectivity index (χ1) is 11.1. The zero-order chi connectivity index (χ0) is 16.7. The summed E-state index contributed by atoms with van der Waals surface area (Å²) in [5.74, 6) is 0.144. The van der Waals surface area contributed by atoms with E-state index in [-0.39, 0.29) is 24.3 Å². The number of phenols is 1. The second kappa shape index (κ2) is 8.64. The maximum atomic E-state index is 12.0. The van der Waals surface area contributed by atoms with Crippen molar-refractivity contribution in [2.45, 2.75) is 38.6 Å². The highest BCUT2D eigenvalue weighted by Gasteiger charge is 2.12. The lowest BCUT2D eigenvalue weighted by molar-refractivity contribution is -0.122. The zero-order valence-electron chi connectivity index (χ0n) is 13.2. The average Bonchev–Trinajstić information content (AvgIpc) is 2.94. The van der Waals surface area contributed by atoms with Crippen molar-refractivity contribution in [1.29, 1.82) is 0 Å². The third kappa shape index (κ3) is 6.00. The van der Waals surface area contributed by atoms with E-state index in [1.807, 2.05) is 12.3 Å². The van der Waals surface area contributed by atoms with Crippen LogP contribution in [-0.4, -0.2) is 33.8 Å². The number of aliphatic hydroxyl groups is 1. The first-order valence-electron chi connectivity index (χ1n) is 7.66. The van der Waals surface area contributed by atoms with Gasteiger partial charge in [-0.3, -0.25) is 4.79 Å². The molecule has 0 aliphatic carbocycles. The Labute approximate surface area is 140 Å². The molecule has 6 heteroatoms. The van der Waals surface area contributed by atoms with Crippen molar-refractivity contribution in [3.63, 3.8) is 0 Å². The van der Waals surface area contributed by atoms with E-state index in [2.05, 4.69) is 10.3 Å². The van der Waals surface area contributed by atoms with E-state index < -0.39 is 0 Å². The Bertz CT molecular complexity index is 625. The lowest BCUT2D eigenvalue weighted by atomic mass is 10.1. The van der Waals surface area contributed by atoms with Gasteiger partial charge in [-0.25, -0.2) is 4.98 Å². The minimum Gasteiger partial charge on any atom is -0.508 e. The van der Waals surface area contributed by atoms with Gasteiger partial charge in [0.25, 0.3) is 0 Å². The van der Waals surface area contributed by atoms with Crippen LogP contribution in [0.5, 0.6) is 5.75 Å². The predicted octanol–water partition coefficient (Wildman–Crippen LogP) is 2.20. The molecule has 0 aliphatic heterocycles. The summed E-state index contributed by atoms with van der Waals surface area (Å²) in [6.45, 7) is 1.86. The molecule has 0 saturated carbocycles. The maximum Gasteiger partial charge on any atom is 0.220 e. The highest BCUT2D eigenvalue weighted by Crippen LogP contribution is 2.12. The number of amides is 1. The van der Waals surface area contributed by atoms with Crippen LogP contribution in [0.25, 0.3) is 0 Å². The normalized spacial score (nSPS) is 12.1. The number of thiazole rings is 1. The number of aromatic hydroxyl groups is 1. The summed E-state index contributed by atoms with van der Waals surface area (Å²) >= 11 is 1.62. The molecule has 1 aromatic carbocycles. The highest BCUT2D eigenvalue weighted by molar-refractivity contribution is 7.09. The Hall–Kier alpha value is -1.92. The molecule has 1 amide bonds. The Kier molecular flexibility index (Phi) is 6.55. The molecule has 0 spiro atoms. The van der Waals surface area contributed by atoms with Crippen molar-refractivity contribution in [3.8, 4) is 5.75 Å². The van der Waals surface area contributed by atoms with E-state index >= 15 is 0 Å². The molecule has 1 aromatic heterocycles. The van der Waals surface area contributed by atoms with Crippen molar-refractivity contribution in [2.24, 2.45) is 0 Å². The SMILES string of the molecule is Cc1nc(CCCC(=O)N[C@H](CO)Cc2ccc(O)cc2)cs1. The summed E-state index contributed by atoms with van der Waals surface area (Å²) in [5, 5.41) is 24.6. The summed E-state index contributed by atoms with van der Waals surface area (Å²) in [5.41, 5.74) is 1.99. The van der Waals surface area contributed by atoms with E-state index in [0.717, 1.165) is 29.1 Å². The van der Waals surface area contributed by atoms with Crippen LogP contribution in [0.2, 0.25) is 0 Å². The molecule has 0 unspecified atom stereocenters. The van der Waals surface area contributed by atoms with E-state index in [1.54, 1.807) is 35.6 Å². The van der Waals surface area contributed by atoms with Gasteiger partial charge >= 0.3 is 0 Å². The van der Waals surface area contributed by atoms with Crippen molar-refractivity contribution in [1.82, 2.24) is 10.3 Å². The van der Waals surface area contributed by atoms with Gasteiger partial charge in [0.05, 0.1) is 23.4 Å². The number of phenolic OH excluding ortho intramolecular Hbond substituents is 1. The second-order valence-corrected chi connectivity index (χ2v) is 6.59. The number of rotatable bonds is 8. The van der Waals surface area contributed by atoms with Crippen LogP contribution >= 0.6 is 11.3 Å². The first-order valence-corrected chi connectivity index (χ1v) is 8.54. The fourth-order valence-corrected chi connectivity index (χ4v) is 2.98. The van der Waals surface area contributed by atoms with Gasteiger partial charge < -0.3 is 15.5 Å². The fraction of sp³-hybridized carbons (Fsp3) is 0.412. The molecule has 0 fully saturated rings. The number of aromatic nitrogens is 1. The lowest BCUT2D eigenvalue weighted by Crippen LogP contribution is -2.39. The number of hydrogen-bond donors (Lipinski definition) is 3. The molecule has 0 radical (unpaired) electrons. The third-order valence-corrected chi connectivity index (χ3v) is 4.33. The van der Waals surface area contributed by atoms with E-state index in [1.165, 1.54) is 0 Å². The number of aliphatic hydroxyl groups excluding tert-OH is 1. The van der Waals surface area contributed by atoms with Gasteiger partial charge in [0, 0.05) is 11.8 Å². The number of carbonyl (C=O) groups is 1. The van der Waals surface area contributed by atoms with Crippen LogP contribution in [0.15, 0.2) is 29.6 Å². The molecule has 2 aromatic rings. The summed E-state index contributed by atoms with van der Waals surface area (Å²) in [7, 11) is 0. The number of hydrogen-bond acceptors (Lipinski definition) is 5. The molecule has 0 saturated heterocycles. The number of carbonyl (C=O) groups excluding carboxylic acids is 1. The molecule has 5 nitrogen and oxygen atoms in total. The Morgan fingerprint density at radius 1 is 1.35 bits per heavy atom. The molecule has 0 bridgehead atoms. The van der Waals surface area contributed by atoms with Gasteiger partial charge in [-0.1, -0.05) is 12.1 Å². The quantitative estimate of drug-likeness (QED) is 0.691. The van der Waals surface area contributed by atoms with Gasteiger partial charge in [-0.15, -0.1) is 11.3 Å². The molecule has 23 heavy (non-hydrogen) atoms. The van der Waals surface area contributed by atoms with Crippen LogP contribution in [0.3, 0.4) is 0 Å². The number of nitrogens with one attached hydrogen (secondary N) is 1. The van der Waals surface area contributed by atoms with Crippen molar-refractivity contribution in [2.75, 3.05) is 6.61 Å². The summed E-state index contributed by atoms with van der Waals surface area (Å²) in [6.07, 6.45) is 2.49. The third-order valence-electron chi connectivity index (χ3n) is 3.51. The first kappa shape index (κ1) is 17.4. The highest BCUT2D eigenvalue weighted by atomic mass is 32.1. The molecular formula is C17H22N2O3S. The summed E-state index contributed by atoms with van der Waals surface area (Å²) in [6, 6.07) is 6.46. The van der Waals surface area contributed by atoms with Crippen LogP contribution in [0.4, 0.5) is 0 Å². The predicted molar refractivity (Wildman–Crippen MR) is 90.6 cm³/mol. The second-order valence-electron chi connectivity index (χ2n) is 5.53. The van der Waals surface area contributed by atoms with Crippen LogP contribution in [0, 0.1) is 6.92 Å². The van der Waals surface area contributed by atoms with E-state index in [9.17, 15) is 15.0 Å². The molecule has 2 rings (SSSR count). The van der Waals surface area contributed by atoms with Gasteiger partial charge in [0.2, 0.25) is 5.91 Å². The molecule has 1 atom stereocenters. The van der Waals surface area contributed by atoms with Gasteiger partial charge in [-0.05, 0) is 43.9 Å². The van der Waals surface area contributed by atoms with E-state index in [4.69, 9.17) is 0 Å². The van der Waals surface area contributed by atoms with Gasteiger partial charge in [0.15, 0.2) is 0 Å². The Morgan fingerprint density at radius 3 is 2.70 bits per heavy atom. The van der Waals surface area contributed by atoms with Crippen molar-refractivity contribution >= 4 is 17.2 Å². The van der Waals surface area contributed by atoms with Gasteiger partial charge in [-0.2, -0.15) is 0 Å². The minimum absolute atomic E-state index is 0.0604. The lowest BCUT2D eigenvalue weighted by Gasteiger charge is -2.16. The van der Waals surface area contributed by atoms with Gasteiger partial charge in [0.1, 0.15) is 5.75 Å². The number of aryl methyl sites for hydroxylation is 2. The smallest absolute Gasteiger partial charge is 0.220 e. The zero-order valence-corrected chi connectivity index (χ0v) is 14.0. The monoisotopic (exact) mass is 334 g/mol. The largest absolute Gasteiger partial charge is 0.508 e. The van der Waals surface area contributed by atoms with E-state index in [0.29, 0.717) is 12.8 Å². The molecule has 1 heterocycles. The topological polar surface area (TPSA) is 82.5 Å². The number of nitrogens with zero attached hydrogens (tertiary/aromatic N) is 1. The number of benzene rings is 1. The van der Waals surface area contributed by atoms with Crippen LogP contribution in [-0.2, 0) is 17.6 Å². The maximum absolute atomic E-state index is 12.0. The van der Waals surface area contributed by atoms with Crippen LogP contribution in [0.1, 0.15) is 29.1 Å². The summed E-state index contributed by atoms with van der Waals surface area (Å²) in [4.78, 5) is 16.3. The Balaban J connectivity index is 1.74. The van der Waals surface area contributed by atoms with Crippen molar-refractivity contribution in [3.05, 3.63) is 45.9 Å². The molecule has 0 aliphatic rings. The minimum atomic E-state index is -0.312.